The Kier molecular flexibility index (Phi) is 6.55. The summed E-state index contributed by atoms with van der Waals surface area (Å²) in [5, 5.41) is 6.00. The summed E-state index contributed by atoms with van der Waals surface area (Å²) < 4.78 is 0. The van der Waals surface area contributed by atoms with Gasteiger partial charge >= 0.3 is 0 Å². The van der Waals surface area contributed by atoms with Crippen molar-refractivity contribution < 1.29 is 14.4 Å². The van der Waals surface area contributed by atoms with Crippen LogP contribution in [0.1, 0.15) is 90.7 Å². The van der Waals surface area contributed by atoms with Gasteiger partial charge in [-0.1, -0.05) is 6.07 Å². The lowest BCUT2D eigenvalue weighted by molar-refractivity contribution is -0.127. The number of hydrogen-bond acceptors (Lipinski definition) is 3. The molecule has 0 aliphatic heterocycles. The molecular weight excluding hydrogens is 352 g/mol. The minimum absolute atomic E-state index is 0.133. The van der Waals surface area contributed by atoms with Gasteiger partial charge in [0.25, 0.3) is 0 Å². The van der Waals surface area contributed by atoms with E-state index in [4.69, 9.17) is 0 Å². The standard InChI is InChI=1S/C23H36N2O3/c1-20(2,3)24-18(27)22(7,8)16-11-15(14-26)12-17(13-16)23(9,10)19(28)25-21(4,5)6/h11-14H,1-10H3,(H,24,27)(H,25,28). The summed E-state index contributed by atoms with van der Waals surface area (Å²) in [6.07, 6.45) is 0.752. The van der Waals surface area contributed by atoms with Crippen LogP contribution < -0.4 is 10.6 Å². The molecule has 1 rings (SSSR count). The molecular formula is C23H36N2O3. The van der Waals surface area contributed by atoms with Crippen molar-refractivity contribution in [3.05, 3.63) is 34.9 Å². The molecule has 5 nitrogen and oxygen atoms in total. The summed E-state index contributed by atoms with van der Waals surface area (Å²) in [6.45, 7) is 18.8. The molecule has 0 aliphatic carbocycles. The van der Waals surface area contributed by atoms with Gasteiger partial charge in [0.2, 0.25) is 11.8 Å². The van der Waals surface area contributed by atoms with E-state index in [0.717, 1.165) is 6.29 Å². The van der Waals surface area contributed by atoms with Crippen molar-refractivity contribution in [2.24, 2.45) is 0 Å². The van der Waals surface area contributed by atoms with Crippen LogP contribution in [-0.2, 0) is 20.4 Å². The number of benzene rings is 1. The van der Waals surface area contributed by atoms with E-state index in [-0.39, 0.29) is 22.9 Å². The van der Waals surface area contributed by atoms with Gasteiger partial charge in [-0.25, -0.2) is 0 Å². The SMILES string of the molecule is CC(C)(C)NC(=O)C(C)(C)c1cc(C=O)cc(C(C)(C)C(=O)NC(C)(C)C)c1. The van der Waals surface area contributed by atoms with Crippen molar-refractivity contribution in [1.82, 2.24) is 10.6 Å². The topological polar surface area (TPSA) is 75.3 Å². The van der Waals surface area contributed by atoms with E-state index in [1.807, 2.05) is 75.3 Å². The summed E-state index contributed by atoms with van der Waals surface area (Å²) in [5.74, 6) is -0.267. The highest BCUT2D eigenvalue weighted by Gasteiger charge is 2.36. The first-order chi connectivity index (χ1) is 12.4. The first kappa shape index (κ1) is 23.9. The molecule has 2 N–H and O–H groups in total. The van der Waals surface area contributed by atoms with Crippen LogP contribution in [0.3, 0.4) is 0 Å². The second kappa shape index (κ2) is 7.69. The molecule has 0 atom stereocenters. The van der Waals surface area contributed by atoms with Crippen molar-refractivity contribution in [2.75, 3.05) is 0 Å². The second-order valence-corrected chi connectivity index (χ2v) is 10.6. The number of hydrogen-bond donors (Lipinski definition) is 2. The molecule has 0 aliphatic rings. The molecule has 1 aromatic carbocycles. The van der Waals surface area contributed by atoms with Crippen molar-refractivity contribution in [3.63, 3.8) is 0 Å². The van der Waals surface area contributed by atoms with Gasteiger partial charge in [0, 0.05) is 16.6 Å². The summed E-state index contributed by atoms with van der Waals surface area (Å²) in [4.78, 5) is 37.3. The number of aldehydes is 1. The highest BCUT2D eigenvalue weighted by atomic mass is 16.2. The van der Waals surface area contributed by atoms with E-state index in [2.05, 4.69) is 10.6 Å². The maximum atomic E-state index is 12.9. The van der Waals surface area contributed by atoms with Crippen molar-refractivity contribution in [2.45, 2.75) is 91.1 Å². The number of rotatable bonds is 5. The monoisotopic (exact) mass is 388 g/mol. The van der Waals surface area contributed by atoms with Crippen LogP contribution in [0.25, 0.3) is 0 Å². The number of carbonyl (C=O) groups is 3. The zero-order valence-corrected chi connectivity index (χ0v) is 19.0. The van der Waals surface area contributed by atoms with Gasteiger partial charge in [-0.3, -0.25) is 14.4 Å². The van der Waals surface area contributed by atoms with Crippen LogP contribution in [-0.4, -0.2) is 29.2 Å². The highest BCUT2D eigenvalue weighted by molar-refractivity contribution is 5.91. The predicted octanol–water partition coefficient (Wildman–Crippen LogP) is 3.88. The van der Waals surface area contributed by atoms with Gasteiger partial charge < -0.3 is 10.6 Å². The first-order valence-electron chi connectivity index (χ1n) is 9.66. The fourth-order valence-electron chi connectivity index (χ4n) is 2.70. The van der Waals surface area contributed by atoms with E-state index in [1.165, 1.54) is 0 Å². The molecule has 1 aromatic rings. The lowest BCUT2D eigenvalue weighted by Gasteiger charge is -2.33. The van der Waals surface area contributed by atoms with Gasteiger partial charge in [-0.2, -0.15) is 0 Å². The minimum Gasteiger partial charge on any atom is -0.351 e. The van der Waals surface area contributed by atoms with Crippen LogP contribution in [0.4, 0.5) is 0 Å². The molecule has 28 heavy (non-hydrogen) atoms. The molecule has 0 fully saturated rings. The maximum absolute atomic E-state index is 12.9. The van der Waals surface area contributed by atoms with E-state index < -0.39 is 10.8 Å². The lowest BCUT2D eigenvalue weighted by Crippen LogP contribution is -2.50. The molecule has 0 bridgehead atoms. The zero-order chi connectivity index (χ0) is 22.1. The molecule has 5 heteroatoms. The Balaban J connectivity index is 3.45. The molecule has 0 heterocycles. The maximum Gasteiger partial charge on any atom is 0.230 e. The Hall–Kier alpha value is -2.17. The zero-order valence-electron chi connectivity index (χ0n) is 19.0. The van der Waals surface area contributed by atoms with Crippen LogP contribution in [0.5, 0.6) is 0 Å². The molecule has 0 aromatic heterocycles. The van der Waals surface area contributed by atoms with Crippen molar-refractivity contribution >= 4 is 18.1 Å². The van der Waals surface area contributed by atoms with Crippen molar-refractivity contribution in [3.8, 4) is 0 Å². The van der Waals surface area contributed by atoms with Gasteiger partial charge in [-0.05, 0) is 92.5 Å². The fraction of sp³-hybridized carbons (Fsp3) is 0.609. The minimum atomic E-state index is -0.863. The molecule has 0 unspecified atom stereocenters. The summed E-state index contributed by atoms with van der Waals surface area (Å²) in [7, 11) is 0. The van der Waals surface area contributed by atoms with E-state index in [1.54, 1.807) is 12.1 Å². The summed E-state index contributed by atoms with van der Waals surface area (Å²) in [5.41, 5.74) is -0.622. The molecule has 0 saturated heterocycles. The Labute approximate surface area is 169 Å². The fourth-order valence-corrected chi connectivity index (χ4v) is 2.70. The van der Waals surface area contributed by atoms with Crippen molar-refractivity contribution in [1.29, 1.82) is 0 Å². The quantitative estimate of drug-likeness (QED) is 0.752. The Bertz CT molecular complexity index is 705. The molecule has 0 spiro atoms. The second-order valence-electron chi connectivity index (χ2n) is 10.6. The normalized spacial score (nSPS) is 13.1. The van der Waals surface area contributed by atoms with Gasteiger partial charge in [0.1, 0.15) is 6.29 Å². The number of amides is 2. The van der Waals surface area contributed by atoms with Crippen LogP contribution in [0.2, 0.25) is 0 Å². The van der Waals surface area contributed by atoms with Crippen LogP contribution in [0, 0.1) is 0 Å². The highest BCUT2D eigenvalue weighted by Crippen LogP contribution is 2.32. The molecule has 0 radical (unpaired) electrons. The number of carbonyl (C=O) groups excluding carboxylic acids is 3. The first-order valence-corrected chi connectivity index (χ1v) is 9.66. The number of nitrogens with one attached hydrogen (secondary N) is 2. The van der Waals surface area contributed by atoms with Crippen LogP contribution in [0.15, 0.2) is 18.2 Å². The molecule has 156 valence electrons. The lowest BCUT2D eigenvalue weighted by atomic mass is 9.76. The molecule has 0 saturated carbocycles. The van der Waals surface area contributed by atoms with E-state index in [0.29, 0.717) is 16.7 Å². The summed E-state index contributed by atoms with van der Waals surface area (Å²) >= 11 is 0. The smallest absolute Gasteiger partial charge is 0.230 e. The third-order valence-corrected chi connectivity index (χ3v) is 4.65. The largest absolute Gasteiger partial charge is 0.351 e. The van der Waals surface area contributed by atoms with E-state index >= 15 is 0 Å². The van der Waals surface area contributed by atoms with Gasteiger partial charge in [-0.15, -0.1) is 0 Å². The predicted molar refractivity (Wildman–Crippen MR) is 114 cm³/mol. The Morgan fingerprint density at radius 1 is 0.679 bits per heavy atom. The Morgan fingerprint density at radius 3 is 1.25 bits per heavy atom. The third kappa shape index (κ3) is 5.91. The van der Waals surface area contributed by atoms with E-state index in [9.17, 15) is 14.4 Å². The van der Waals surface area contributed by atoms with Crippen LogP contribution >= 0.6 is 0 Å². The average molecular weight is 389 g/mol. The van der Waals surface area contributed by atoms with Gasteiger partial charge in [0.15, 0.2) is 0 Å². The molecule has 2 amide bonds. The Morgan fingerprint density at radius 2 is 1.00 bits per heavy atom. The summed E-state index contributed by atoms with van der Waals surface area (Å²) in [6, 6.07) is 5.30. The third-order valence-electron chi connectivity index (χ3n) is 4.65. The van der Waals surface area contributed by atoms with Gasteiger partial charge in [0.05, 0.1) is 10.8 Å². The average Bonchev–Trinajstić information content (AvgIpc) is 2.50.